The first kappa shape index (κ1) is 20.1. The maximum Gasteiger partial charge on any atom is 0.339 e. The van der Waals surface area contributed by atoms with Gasteiger partial charge >= 0.3 is 5.97 Å². The molecule has 24 heavy (non-hydrogen) atoms. The van der Waals surface area contributed by atoms with Crippen molar-refractivity contribution in [2.24, 2.45) is 4.99 Å². The monoisotopic (exact) mass is 371 g/mol. The Morgan fingerprint density at radius 2 is 2.12 bits per heavy atom. The van der Waals surface area contributed by atoms with Gasteiger partial charge < -0.3 is 10.1 Å². The highest BCUT2D eigenvalue weighted by Crippen LogP contribution is 2.28. The fourth-order valence-corrected chi connectivity index (χ4v) is 3.28. The number of hydrogen-bond donors (Lipinski definition) is 1. The van der Waals surface area contributed by atoms with Crippen molar-refractivity contribution in [2.75, 3.05) is 19.4 Å². The molecule has 1 aromatic rings. The van der Waals surface area contributed by atoms with Gasteiger partial charge in [-0.15, -0.1) is 0 Å². The molecule has 0 aliphatic heterocycles. The number of ether oxygens (including phenoxy) is 1. The zero-order valence-corrected chi connectivity index (χ0v) is 15.2. The summed E-state index contributed by atoms with van der Waals surface area (Å²) < 4.78 is 28.8. The lowest BCUT2D eigenvalue weighted by Crippen LogP contribution is -2.22. The molecule has 0 saturated carbocycles. The molecule has 0 heterocycles. The summed E-state index contributed by atoms with van der Waals surface area (Å²) in [6.07, 6.45) is 2.73. The molecule has 0 unspecified atom stereocenters. The molecule has 0 atom stereocenters. The van der Waals surface area contributed by atoms with Crippen molar-refractivity contribution in [3.63, 3.8) is 0 Å². The molecule has 0 spiro atoms. The number of halogens is 1. The predicted molar refractivity (Wildman–Crippen MR) is 90.9 cm³/mol. The van der Waals surface area contributed by atoms with E-state index in [1.807, 2.05) is 0 Å². The van der Waals surface area contributed by atoms with E-state index in [0.29, 0.717) is 5.71 Å². The highest BCUT2D eigenvalue weighted by molar-refractivity contribution is 7.90. The van der Waals surface area contributed by atoms with E-state index in [9.17, 15) is 13.2 Å². The maximum absolute atomic E-state index is 11.9. The van der Waals surface area contributed by atoms with Gasteiger partial charge in [0.1, 0.15) is 0 Å². The first-order valence-corrected chi connectivity index (χ1v) is 9.30. The second-order valence-corrected chi connectivity index (χ2v) is 7.31. The fourth-order valence-electron chi connectivity index (χ4n) is 1.98. The number of hydrogen-bond acceptors (Lipinski definition) is 7. The van der Waals surface area contributed by atoms with Gasteiger partial charge in [-0.25, -0.2) is 13.2 Å². The highest BCUT2D eigenvalue weighted by atomic mass is 35.5. The van der Waals surface area contributed by atoms with Gasteiger partial charge in [0, 0.05) is 30.6 Å². The molecule has 0 aromatic heterocycles. The summed E-state index contributed by atoms with van der Waals surface area (Å²) in [7, 11) is -3.53. The van der Waals surface area contributed by atoms with Crippen LogP contribution in [0.25, 0.3) is 0 Å². The zero-order chi connectivity index (χ0) is 18.3. The van der Waals surface area contributed by atoms with E-state index in [1.54, 1.807) is 20.0 Å². The van der Waals surface area contributed by atoms with E-state index < -0.39 is 15.8 Å². The van der Waals surface area contributed by atoms with E-state index in [1.165, 1.54) is 12.1 Å². The van der Waals surface area contributed by atoms with Crippen molar-refractivity contribution < 1.29 is 17.9 Å². The Kier molecular flexibility index (Phi) is 7.35. The van der Waals surface area contributed by atoms with E-state index in [2.05, 4.69) is 10.3 Å². The third-order valence-electron chi connectivity index (χ3n) is 3.02. The SMILES string of the molecule is CCOC(=O)c1ccc(S(C)(=O)=O)c(CNCC(C)=NC#N)c1Cl. The van der Waals surface area contributed by atoms with Gasteiger partial charge in [-0.3, -0.25) is 0 Å². The standard InChI is InChI=1S/C15H18ClN3O4S/c1-4-23-15(20)11-5-6-13(24(3,21)22)12(14(11)16)8-18-7-10(2)19-9-17/h5-6,18H,4,7-8H2,1-3H3. The van der Waals surface area contributed by atoms with Crippen molar-refractivity contribution in [1.82, 2.24) is 5.32 Å². The molecular weight excluding hydrogens is 354 g/mol. The summed E-state index contributed by atoms with van der Waals surface area (Å²) in [5, 5.41) is 11.5. The molecule has 1 rings (SSSR count). The van der Waals surface area contributed by atoms with E-state index in [0.717, 1.165) is 6.26 Å². The topological polar surface area (TPSA) is 109 Å². The molecule has 1 N–H and O–H groups in total. The number of nitrogens with one attached hydrogen (secondary N) is 1. The Bertz CT molecular complexity index is 798. The minimum absolute atomic E-state index is 0.0266. The number of esters is 1. The predicted octanol–water partition coefficient (Wildman–Crippen LogP) is 1.95. The van der Waals surface area contributed by atoms with Crippen LogP contribution in [0.5, 0.6) is 0 Å². The summed E-state index contributed by atoms with van der Waals surface area (Å²) in [6, 6.07) is 2.67. The quantitative estimate of drug-likeness (QED) is 0.445. The van der Waals surface area contributed by atoms with Gasteiger partial charge in [0.2, 0.25) is 6.19 Å². The van der Waals surface area contributed by atoms with Crippen LogP contribution in [0.15, 0.2) is 22.0 Å². The second kappa shape index (κ2) is 8.78. The molecule has 0 radical (unpaired) electrons. The second-order valence-electron chi connectivity index (χ2n) is 4.95. The molecule has 0 aliphatic rings. The third kappa shape index (κ3) is 5.30. The number of sulfone groups is 1. The van der Waals surface area contributed by atoms with Gasteiger partial charge in [0.05, 0.1) is 22.1 Å². The van der Waals surface area contributed by atoms with Crippen LogP contribution in [-0.4, -0.2) is 39.5 Å². The van der Waals surface area contributed by atoms with E-state index in [-0.39, 0.29) is 40.7 Å². The lowest BCUT2D eigenvalue weighted by molar-refractivity contribution is 0.0526. The summed E-state index contributed by atoms with van der Waals surface area (Å²) in [4.78, 5) is 15.5. The molecule has 9 heteroatoms. The highest BCUT2D eigenvalue weighted by Gasteiger charge is 2.22. The molecule has 1 aromatic carbocycles. The average Bonchev–Trinajstić information content (AvgIpc) is 2.48. The van der Waals surface area contributed by atoms with Crippen LogP contribution >= 0.6 is 11.6 Å². The van der Waals surface area contributed by atoms with Crippen LogP contribution in [-0.2, 0) is 21.1 Å². The maximum atomic E-state index is 11.9. The smallest absolute Gasteiger partial charge is 0.339 e. The molecular formula is C15H18ClN3O4S. The number of aliphatic imine (C=N–C) groups is 1. The van der Waals surface area contributed by atoms with Crippen LogP contribution in [0.4, 0.5) is 0 Å². The molecule has 0 amide bonds. The van der Waals surface area contributed by atoms with Crippen molar-refractivity contribution in [3.8, 4) is 6.19 Å². The van der Waals surface area contributed by atoms with Crippen molar-refractivity contribution in [1.29, 1.82) is 5.26 Å². The van der Waals surface area contributed by atoms with Crippen LogP contribution in [0.1, 0.15) is 29.8 Å². The third-order valence-corrected chi connectivity index (χ3v) is 4.63. The van der Waals surface area contributed by atoms with Gasteiger partial charge in [0.25, 0.3) is 0 Å². The normalized spacial score (nSPS) is 11.9. The Morgan fingerprint density at radius 1 is 1.46 bits per heavy atom. The molecule has 0 fully saturated rings. The van der Waals surface area contributed by atoms with Crippen LogP contribution in [0.2, 0.25) is 5.02 Å². The minimum Gasteiger partial charge on any atom is -0.462 e. The number of nitrogens with zero attached hydrogens (tertiary/aromatic N) is 2. The summed E-state index contributed by atoms with van der Waals surface area (Å²) in [5.41, 5.74) is 0.913. The summed E-state index contributed by atoms with van der Waals surface area (Å²) >= 11 is 6.24. The molecule has 0 saturated heterocycles. The fraction of sp³-hybridized carbons (Fsp3) is 0.400. The van der Waals surface area contributed by atoms with Gasteiger partial charge in [-0.1, -0.05) is 11.6 Å². The molecule has 7 nitrogen and oxygen atoms in total. The molecule has 0 aliphatic carbocycles. The Morgan fingerprint density at radius 3 is 2.67 bits per heavy atom. The van der Waals surface area contributed by atoms with Gasteiger partial charge in [0.15, 0.2) is 9.84 Å². The van der Waals surface area contributed by atoms with Crippen LogP contribution < -0.4 is 5.32 Å². The lowest BCUT2D eigenvalue weighted by Gasteiger charge is -2.14. The number of rotatable bonds is 7. The van der Waals surface area contributed by atoms with E-state index in [4.69, 9.17) is 21.6 Å². The van der Waals surface area contributed by atoms with Crippen LogP contribution in [0.3, 0.4) is 0 Å². The van der Waals surface area contributed by atoms with E-state index >= 15 is 0 Å². The Hall–Kier alpha value is -1.95. The van der Waals surface area contributed by atoms with Crippen molar-refractivity contribution >= 4 is 33.1 Å². The Labute approximate surface area is 146 Å². The van der Waals surface area contributed by atoms with Crippen LogP contribution in [0, 0.1) is 11.5 Å². The first-order valence-electron chi connectivity index (χ1n) is 7.03. The lowest BCUT2D eigenvalue weighted by atomic mass is 10.1. The summed E-state index contributed by atoms with van der Waals surface area (Å²) in [5.74, 6) is -0.619. The number of benzene rings is 1. The number of carbonyl (C=O) groups is 1. The molecule has 130 valence electrons. The number of carbonyl (C=O) groups excluding carboxylic acids is 1. The zero-order valence-electron chi connectivity index (χ0n) is 13.6. The number of nitriles is 1. The minimum atomic E-state index is -3.53. The first-order chi connectivity index (χ1) is 11.2. The van der Waals surface area contributed by atoms with Crippen molar-refractivity contribution in [3.05, 3.63) is 28.3 Å². The summed E-state index contributed by atoms with van der Waals surface area (Å²) in [6.45, 7) is 3.87. The Balaban J connectivity index is 3.22. The molecule has 0 bridgehead atoms. The largest absolute Gasteiger partial charge is 0.462 e. The van der Waals surface area contributed by atoms with Gasteiger partial charge in [-0.2, -0.15) is 10.3 Å². The van der Waals surface area contributed by atoms with Crippen molar-refractivity contribution in [2.45, 2.75) is 25.3 Å². The average molecular weight is 372 g/mol. The van der Waals surface area contributed by atoms with Gasteiger partial charge in [-0.05, 0) is 26.0 Å².